The number of hydrogen-bond acceptors (Lipinski definition) is 2. The molecule has 2 heteroatoms. The van der Waals surface area contributed by atoms with Gasteiger partial charge in [-0.15, -0.1) is 0 Å². The van der Waals surface area contributed by atoms with Gasteiger partial charge in [0.1, 0.15) is 5.54 Å². The van der Waals surface area contributed by atoms with Crippen molar-refractivity contribution in [1.82, 2.24) is 0 Å². The van der Waals surface area contributed by atoms with E-state index in [4.69, 9.17) is 11.0 Å². The molecule has 0 aromatic heterocycles. The first-order valence-corrected chi connectivity index (χ1v) is 5.49. The molecule has 0 aliphatic heterocycles. The van der Waals surface area contributed by atoms with Gasteiger partial charge in [0.05, 0.1) is 6.07 Å². The van der Waals surface area contributed by atoms with Crippen molar-refractivity contribution in [2.45, 2.75) is 37.1 Å². The van der Waals surface area contributed by atoms with Crippen LogP contribution in [0.2, 0.25) is 0 Å². The predicted molar refractivity (Wildman–Crippen MR) is 60.2 cm³/mol. The van der Waals surface area contributed by atoms with Crippen molar-refractivity contribution in [3.8, 4) is 6.07 Å². The first kappa shape index (κ1) is 10.2. The molecule has 0 saturated heterocycles. The third-order valence-electron chi connectivity index (χ3n) is 3.37. The first-order chi connectivity index (χ1) is 7.23. The second-order valence-electron chi connectivity index (χ2n) is 4.45. The lowest BCUT2D eigenvalue weighted by molar-refractivity contribution is 0.334. The average Bonchev–Trinajstić information content (AvgIpc) is 2.31. The number of rotatable bonds is 1. The first-order valence-electron chi connectivity index (χ1n) is 5.49. The molecule has 1 fully saturated rings. The van der Waals surface area contributed by atoms with Gasteiger partial charge in [-0.25, -0.2) is 0 Å². The van der Waals surface area contributed by atoms with Crippen molar-refractivity contribution in [2.75, 3.05) is 0 Å². The normalized spacial score (nSPS) is 30.8. The Bertz CT molecular complexity index is 356. The van der Waals surface area contributed by atoms with Crippen LogP contribution in [-0.4, -0.2) is 5.54 Å². The van der Waals surface area contributed by atoms with E-state index < -0.39 is 5.54 Å². The summed E-state index contributed by atoms with van der Waals surface area (Å²) in [5, 5.41) is 8.93. The van der Waals surface area contributed by atoms with Crippen molar-refractivity contribution in [1.29, 1.82) is 5.26 Å². The molecule has 2 nitrogen and oxygen atoms in total. The molecular weight excluding hydrogens is 184 g/mol. The third kappa shape index (κ3) is 2.19. The fourth-order valence-corrected chi connectivity index (χ4v) is 2.30. The third-order valence-corrected chi connectivity index (χ3v) is 3.37. The van der Waals surface area contributed by atoms with Crippen LogP contribution in [0, 0.1) is 11.3 Å². The second-order valence-corrected chi connectivity index (χ2v) is 4.45. The summed E-state index contributed by atoms with van der Waals surface area (Å²) in [6.45, 7) is 0. The summed E-state index contributed by atoms with van der Waals surface area (Å²) in [7, 11) is 0. The summed E-state index contributed by atoms with van der Waals surface area (Å²) >= 11 is 0. The van der Waals surface area contributed by atoms with Crippen LogP contribution < -0.4 is 5.73 Å². The Morgan fingerprint density at radius 2 is 1.80 bits per heavy atom. The van der Waals surface area contributed by atoms with Crippen LogP contribution in [0.15, 0.2) is 30.3 Å². The number of nitriles is 1. The Morgan fingerprint density at radius 1 is 1.20 bits per heavy atom. The lowest BCUT2D eigenvalue weighted by Crippen LogP contribution is -2.41. The van der Waals surface area contributed by atoms with Gasteiger partial charge in [-0.1, -0.05) is 30.3 Å². The molecule has 1 saturated carbocycles. The summed E-state index contributed by atoms with van der Waals surface area (Å²) in [6.07, 6.45) is 3.72. The summed E-state index contributed by atoms with van der Waals surface area (Å²) in [5.74, 6) is 0.594. The molecule has 0 spiro atoms. The topological polar surface area (TPSA) is 49.8 Å². The molecule has 0 atom stereocenters. The van der Waals surface area contributed by atoms with E-state index in [0.29, 0.717) is 5.92 Å². The maximum atomic E-state index is 8.93. The number of hydrogen-bond donors (Lipinski definition) is 1. The molecule has 0 unspecified atom stereocenters. The molecule has 0 radical (unpaired) electrons. The quantitative estimate of drug-likeness (QED) is 0.757. The van der Waals surface area contributed by atoms with Gasteiger partial charge in [0.15, 0.2) is 0 Å². The predicted octanol–water partition coefficient (Wildman–Crippen LogP) is 2.57. The maximum Gasteiger partial charge on any atom is 0.104 e. The maximum absolute atomic E-state index is 8.93. The van der Waals surface area contributed by atoms with Crippen molar-refractivity contribution in [2.24, 2.45) is 5.73 Å². The zero-order chi connectivity index (χ0) is 10.7. The molecule has 1 aliphatic carbocycles. The Balaban J connectivity index is 2.04. The van der Waals surface area contributed by atoms with E-state index in [-0.39, 0.29) is 0 Å². The lowest BCUT2D eigenvalue weighted by Gasteiger charge is -2.31. The summed E-state index contributed by atoms with van der Waals surface area (Å²) < 4.78 is 0. The molecule has 0 heterocycles. The summed E-state index contributed by atoms with van der Waals surface area (Å²) in [5.41, 5.74) is 6.76. The minimum absolute atomic E-state index is 0.564. The highest BCUT2D eigenvalue weighted by atomic mass is 14.7. The molecular formula is C13H16N2. The molecule has 15 heavy (non-hydrogen) atoms. The van der Waals surface area contributed by atoms with E-state index in [1.165, 1.54) is 5.56 Å². The smallest absolute Gasteiger partial charge is 0.104 e. The number of benzene rings is 1. The van der Waals surface area contributed by atoms with E-state index in [1.54, 1.807) is 0 Å². The summed E-state index contributed by atoms with van der Waals surface area (Å²) in [4.78, 5) is 0. The zero-order valence-corrected chi connectivity index (χ0v) is 8.82. The minimum Gasteiger partial charge on any atom is -0.313 e. The standard InChI is InChI=1S/C13H16N2/c14-10-13(15)8-6-12(7-9-13)11-4-2-1-3-5-11/h1-5,12H,6-9,15H2. The molecule has 2 N–H and O–H groups in total. The van der Waals surface area contributed by atoms with Crippen molar-refractivity contribution in [3.05, 3.63) is 35.9 Å². The van der Waals surface area contributed by atoms with Crippen LogP contribution in [0.5, 0.6) is 0 Å². The van der Waals surface area contributed by atoms with Gasteiger partial charge in [-0.05, 0) is 37.2 Å². The average molecular weight is 200 g/mol. The van der Waals surface area contributed by atoms with Crippen LogP contribution in [0.1, 0.15) is 37.2 Å². The van der Waals surface area contributed by atoms with Gasteiger partial charge in [-0.2, -0.15) is 5.26 Å². The molecule has 0 amide bonds. The lowest BCUT2D eigenvalue weighted by atomic mass is 9.75. The monoisotopic (exact) mass is 200 g/mol. The molecule has 1 aliphatic rings. The van der Waals surface area contributed by atoms with Crippen LogP contribution >= 0.6 is 0 Å². The largest absolute Gasteiger partial charge is 0.313 e. The van der Waals surface area contributed by atoms with Crippen LogP contribution in [0.4, 0.5) is 0 Å². The molecule has 2 rings (SSSR count). The van der Waals surface area contributed by atoms with E-state index in [1.807, 2.05) is 6.07 Å². The van der Waals surface area contributed by atoms with Crippen molar-refractivity contribution < 1.29 is 0 Å². The van der Waals surface area contributed by atoms with Crippen LogP contribution in [0.25, 0.3) is 0 Å². The molecule has 1 aromatic carbocycles. The fourth-order valence-electron chi connectivity index (χ4n) is 2.30. The molecule has 78 valence electrons. The highest BCUT2D eigenvalue weighted by molar-refractivity contribution is 5.21. The highest BCUT2D eigenvalue weighted by Gasteiger charge is 2.31. The Labute approximate surface area is 90.7 Å². The fraction of sp³-hybridized carbons (Fsp3) is 0.462. The zero-order valence-electron chi connectivity index (χ0n) is 8.82. The molecule has 0 bridgehead atoms. The van der Waals surface area contributed by atoms with Gasteiger partial charge in [0.25, 0.3) is 0 Å². The van der Waals surface area contributed by atoms with Gasteiger partial charge >= 0.3 is 0 Å². The highest BCUT2D eigenvalue weighted by Crippen LogP contribution is 2.36. The van der Waals surface area contributed by atoms with Crippen molar-refractivity contribution in [3.63, 3.8) is 0 Å². The van der Waals surface area contributed by atoms with E-state index in [9.17, 15) is 0 Å². The summed E-state index contributed by atoms with van der Waals surface area (Å²) in [6, 6.07) is 12.7. The van der Waals surface area contributed by atoms with Gasteiger partial charge in [-0.3, -0.25) is 0 Å². The Kier molecular flexibility index (Phi) is 2.75. The SMILES string of the molecule is N#CC1(N)CCC(c2ccccc2)CC1. The van der Waals surface area contributed by atoms with Crippen LogP contribution in [-0.2, 0) is 0 Å². The van der Waals surface area contributed by atoms with Crippen molar-refractivity contribution >= 4 is 0 Å². The minimum atomic E-state index is -0.564. The molecule has 1 aromatic rings. The van der Waals surface area contributed by atoms with Gasteiger partial charge in [0.2, 0.25) is 0 Å². The number of nitrogens with zero attached hydrogens (tertiary/aromatic N) is 1. The number of nitrogens with two attached hydrogens (primary N) is 1. The van der Waals surface area contributed by atoms with Gasteiger partial charge < -0.3 is 5.73 Å². The van der Waals surface area contributed by atoms with Gasteiger partial charge in [0, 0.05) is 0 Å². The second kappa shape index (κ2) is 4.04. The van der Waals surface area contributed by atoms with E-state index >= 15 is 0 Å². The van der Waals surface area contributed by atoms with Crippen LogP contribution in [0.3, 0.4) is 0 Å². The van der Waals surface area contributed by atoms with E-state index in [2.05, 4.69) is 30.3 Å². The van der Waals surface area contributed by atoms with E-state index in [0.717, 1.165) is 25.7 Å². The Morgan fingerprint density at radius 3 is 2.33 bits per heavy atom. The Hall–Kier alpha value is -1.33.